The van der Waals surface area contributed by atoms with Gasteiger partial charge in [0.05, 0.1) is 0 Å². The summed E-state index contributed by atoms with van der Waals surface area (Å²) in [6.07, 6.45) is 1.18. The molecule has 2 nitrogen and oxygen atoms in total. The van der Waals surface area contributed by atoms with Gasteiger partial charge in [0.15, 0.2) is 0 Å². The van der Waals surface area contributed by atoms with E-state index in [0.29, 0.717) is 0 Å². The Bertz CT molecular complexity index is 403. The highest BCUT2D eigenvalue weighted by molar-refractivity contribution is 7.19. The van der Waals surface area contributed by atoms with E-state index in [0.717, 1.165) is 19.6 Å². The summed E-state index contributed by atoms with van der Waals surface area (Å²) < 4.78 is 1.38. The normalized spacial score (nSPS) is 11.1. The van der Waals surface area contributed by atoms with Crippen LogP contribution in [0, 0.1) is 0 Å². The van der Waals surface area contributed by atoms with E-state index >= 15 is 0 Å². The summed E-state index contributed by atoms with van der Waals surface area (Å²) in [6, 6.07) is 10.8. The molecule has 1 aromatic carbocycles. The Kier molecular flexibility index (Phi) is 4.34. The van der Waals surface area contributed by atoms with Crippen LogP contribution in [-0.4, -0.2) is 20.1 Å². The molecule has 0 saturated heterocycles. The van der Waals surface area contributed by atoms with Crippen LogP contribution in [0.2, 0.25) is 0 Å². The highest BCUT2D eigenvalue weighted by atomic mass is 32.1. The molecule has 0 fully saturated rings. The molecule has 0 aliphatic rings. The van der Waals surface area contributed by atoms with Crippen LogP contribution >= 0.6 is 11.3 Å². The number of fused-ring (bicyclic) bond motifs is 1. The summed E-state index contributed by atoms with van der Waals surface area (Å²) in [7, 11) is 1.99. The third-order valence-electron chi connectivity index (χ3n) is 2.56. The van der Waals surface area contributed by atoms with E-state index in [4.69, 9.17) is 0 Å². The van der Waals surface area contributed by atoms with E-state index in [1.54, 1.807) is 0 Å². The molecule has 3 heteroatoms. The van der Waals surface area contributed by atoms with Crippen LogP contribution in [0.1, 0.15) is 11.3 Å². The van der Waals surface area contributed by atoms with Crippen molar-refractivity contribution in [2.24, 2.45) is 0 Å². The van der Waals surface area contributed by atoms with Crippen molar-refractivity contribution >= 4 is 21.4 Å². The monoisotopic (exact) mass is 234 g/mol. The topological polar surface area (TPSA) is 24.1 Å². The first-order valence-corrected chi connectivity index (χ1v) is 6.54. The Labute approximate surface area is 101 Å². The molecule has 16 heavy (non-hydrogen) atoms. The van der Waals surface area contributed by atoms with Gasteiger partial charge in [-0.2, -0.15) is 0 Å². The first-order chi connectivity index (χ1) is 7.90. The number of thiophene rings is 1. The van der Waals surface area contributed by atoms with Crippen LogP contribution < -0.4 is 10.6 Å². The van der Waals surface area contributed by atoms with Crippen LogP contribution in [0.3, 0.4) is 0 Å². The minimum absolute atomic E-state index is 0.989. The lowest BCUT2D eigenvalue weighted by molar-refractivity contribution is 0.629. The molecule has 0 amide bonds. The Balaban J connectivity index is 1.85. The smallest absolute Gasteiger partial charge is 0.0346 e. The number of benzene rings is 1. The van der Waals surface area contributed by atoms with E-state index in [2.05, 4.69) is 41.0 Å². The molecule has 0 aliphatic heterocycles. The summed E-state index contributed by atoms with van der Waals surface area (Å²) >= 11 is 1.88. The summed E-state index contributed by atoms with van der Waals surface area (Å²) in [5.74, 6) is 0. The molecule has 86 valence electrons. The zero-order valence-electron chi connectivity index (χ0n) is 9.62. The number of nitrogens with one attached hydrogen (secondary N) is 2. The lowest BCUT2D eigenvalue weighted by Gasteiger charge is -2.01. The fraction of sp³-hybridized carbons (Fsp3) is 0.385. The summed E-state index contributed by atoms with van der Waals surface area (Å²) in [4.78, 5) is 1.42. The zero-order chi connectivity index (χ0) is 11.2. The standard InChI is InChI=1S/C13H18N2S/c1-14-7-4-8-15-10-12-9-11-5-2-3-6-13(11)16-12/h2-3,5-6,9,14-15H,4,7-8,10H2,1H3. The average molecular weight is 234 g/mol. The van der Waals surface area contributed by atoms with Crippen LogP contribution in [0.25, 0.3) is 10.1 Å². The van der Waals surface area contributed by atoms with Gasteiger partial charge in [0, 0.05) is 16.1 Å². The molecule has 0 atom stereocenters. The summed E-state index contributed by atoms with van der Waals surface area (Å²) in [6.45, 7) is 3.15. The molecule has 0 unspecified atom stereocenters. The van der Waals surface area contributed by atoms with Gasteiger partial charge in [-0.1, -0.05) is 18.2 Å². The van der Waals surface area contributed by atoms with Crippen molar-refractivity contribution in [2.45, 2.75) is 13.0 Å². The quantitative estimate of drug-likeness (QED) is 0.751. The molecule has 1 heterocycles. The molecular formula is C13H18N2S. The Morgan fingerprint density at radius 1 is 1.19 bits per heavy atom. The minimum atomic E-state index is 0.989. The van der Waals surface area contributed by atoms with Gasteiger partial charge in [0.2, 0.25) is 0 Å². The van der Waals surface area contributed by atoms with Crippen molar-refractivity contribution in [1.82, 2.24) is 10.6 Å². The highest BCUT2D eigenvalue weighted by Gasteiger charge is 1.99. The summed E-state index contributed by atoms with van der Waals surface area (Å²) in [5, 5.41) is 7.98. The van der Waals surface area contributed by atoms with E-state index < -0.39 is 0 Å². The predicted octanol–water partition coefficient (Wildman–Crippen LogP) is 2.60. The van der Waals surface area contributed by atoms with E-state index in [9.17, 15) is 0 Å². The number of rotatable bonds is 6. The van der Waals surface area contributed by atoms with Gasteiger partial charge >= 0.3 is 0 Å². The van der Waals surface area contributed by atoms with Crippen molar-refractivity contribution in [3.8, 4) is 0 Å². The maximum Gasteiger partial charge on any atom is 0.0346 e. The third kappa shape index (κ3) is 3.04. The lowest BCUT2D eigenvalue weighted by atomic mass is 10.2. The first kappa shape index (κ1) is 11.6. The van der Waals surface area contributed by atoms with Crippen molar-refractivity contribution in [1.29, 1.82) is 0 Å². The van der Waals surface area contributed by atoms with Gasteiger partial charge in [0.25, 0.3) is 0 Å². The molecule has 0 bridgehead atoms. The largest absolute Gasteiger partial charge is 0.320 e. The first-order valence-electron chi connectivity index (χ1n) is 5.73. The van der Waals surface area contributed by atoms with E-state index in [1.165, 1.54) is 21.4 Å². The Morgan fingerprint density at radius 2 is 2.06 bits per heavy atom. The Morgan fingerprint density at radius 3 is 2.88 bits per heavy atom. The second-order valence-corrected chi connectivity index (χ2v) is 5.05. The molecule has 2 rings (SSSR count). The van der Waals surface area contributed by atoms with Gasteiger partial charge in [-0.15, -0.1) is 11.3 Å². The second-order valence-electron chi connectivity index (χ2n) is 3.88. The van der Waals surface area contributed by atoms with Crippen LogP contribution in [0.4, 0.5) is 0 Å². The minimum Gasteiger partial charge on any atom is -0.320 e. The molecule has 1 aromatic heterocycles. The van der Waals surface area contributed by atoms with E-state index in [-0.39, 0.29) is 0 Å². The molecule has 0 radical (unpaired) electrons. The SMILES string of the molecule is CNCCCNCc1cc2ccccc2s1. The van der Waals surface area contributed by atoms with Crippen LogP contribution in [0.5, 0.6) is 0 Å². The van der Waals surface area contributed by atoms with Gasteiger partial charge in [0.1, 0.15) is 0 Å². The molecule has 0 aliphatic carbocycles. The molecule has 2 N–H and O–H groups in total. The fourth-order valence-electron chi connectivity index (χ4n) is 1.73. The van der Waals surface area contributed by atoms with Gasteiger partial charge in [-0.3, -0.25) is 0 Å². The molecular weight excluding hydrogens is 216 g/mol. The van der Waals surface area contributed by atoms with Gasteiger partial charge in [-0.05, 0) is 44.1 Å². The third-order valence-corrected chi connectivity index (χ3v) is 3.67. The van der Waals surface area contributed by atoms with Crippen molar-refractivity contribution < 1.29 is 0 Å². The van der Waals surface area contributed by atoms with Crippen molar-refractivity contribution in [3.05, 3.63) is 35.2 Å². The Hall–Kier alpha value is -0.900. The lowest BCUT2D eigenvalue weighted by Crippen LogP contribution is -2.18. The highest BCUT2D eigenvalue weighted by Crippen LogP contribution is 2.24. The summed E-state index contributed by atoms with van der Waals surface area (Å²) in [5.41, 5.74) is 0. The van der Waals surface area contributed by atoms with Gasteiger partial charge in [-0.25, -0.2) is 0 Å². The predicted molar refractivity (Wildman–Crippen MR) is 72.1 cm³/mol. The zero-order valence-corrected chi connectivity index (χ0v) is 10.4. The second kappa shape index (κ2) is 5.99. The van der Waals surface area contributed by atoms with E-state index in [1.807, 2.05) is 18.4 Å². The molecule has 0 saturated carbocycles. The maximum atomic E-state index is 3.47. The number of hydrogen-bond acceptors (Lipinski definition) is 3. The molecule has 2 aromatic rings. The fourth-order valence-corrected chi connectivity index (χ4v) is 2.76. The van der Waals surface area contributed by atoms with Crippen molar-refractivity contribution in [3.63, 3.8) is 0 Å². The van der Waals surface area contributed by atoms with Crippen LogP contribution in [-0.2, 0) is 6.54 Å². The maximum absolute atomic E-state index is 3.47. The average Bonchev–Trinajstić information content (AvgIpc) is 2.71. The van der Waals surface area contributed by atoms with Gasteiger partial charge < -0.3 is 10.6 Å². The van der Waals surface area contributed by atoms with Crippen molar-refractivity contribution in [2.75, 3.05) is 20.1 Å². The molecule has 0 spiro atoms. The van der Waals surface area contributed by atoms with Crippen LogP contribution in [0.15, 0.2) is 30.3 Å². The number of hydrogen-bond donors (Lipinski definition) is 2.